The fourth-order valence-corrected chi connectivity index (χ4v) is 2.42. The minimum atomic E-state index is -4.41. The largest absolute Gasteiger partial charge is 0.325 e. The zero-order valence-electron chi connectivity index (χ0n) is 7.99. The van der Waals surface area contributed by atoms with Gasteiger partial charge in [-0.05, 0) is 37.3 Å². The van der Waals surface area contributed by atoms with E-state index in [0.717, 1.165) is 36.9 Å². The van der Waals surface area contributed by atoms with Gasteiger partial charge >= 0.3 is 0 Å². The van der Waals surface area contributed by atoms with Crippen molar-refractivity contribution >= 4 is 10.1 Å². The quantitative estimate of drug-likeness (QED) is 0.686. The van der Waals surface area contributed by atoms with Gasteiger partial charge in [0.15, 0.2) is 4.90 Å². The second-order valence-electron chi connectivity index (χ2n) is 3.65. The van der Waals surface area contributed by atoms with Crippen molar-refractivity contribution in [3.63, 3.8) is 0 Å². The standard InChI is InChI=1S/C9H11NO4S/c11-9-8(15(12,13)14)5-6-3-1-2-4-7(6)10-9/h5H,1-4H2,(H,10,11)(H,12,13,14). The summed E-state index contributed by atoms with van der Waals surface area (Å²) in [4.78, 5) is 13.3. The smallest absolute Gasteiger partial charge is 0.300 e. The Labute approximate surface area is 86.9 Å². The number of nitrogens with one attached hydrogen (secondary N) is 1. The highest BCUT2D eigenvalue weighted by atomic mass is 32.2. The molecular weight excluding hydrogens is 218 g/mol. The van der Waals surface area contributed by atoms with E-state index in [0.29, 0.717) is 0 Å². The van der Waals surface area contributed by atoms with Gasteiger partial charge in [-0.1, -0.05) is 0 Å². The molecule has 0 amide bonds. The molecule has 1 aliphatic carbocycles. The van der Waals surface area contributed by atoms with Crippen molar-refractivity contribution in [2.24, 2.45) is 0 Å². The molecule has 1 aromatic heterocycles. The monoisotopic (exact) mass is 229 g/mol. The minimum absolute atomic E-state index is 0.553. The molecule has 0 atom stereocenters. The molecule has 0 aliphatic heterocycles. The Balaban J connectivity index is 2.65. The van der Waals surface area contributed by atoms with E-state index >= 15 is 0 Å². The third kappa shape index (κ3) is 1.95. The average molecular weight is 229 g/mol. The fraction of sp³-hybridized carbons (Fsp3) is 0.444. The van der Waals surface area contributed by atoms with Crippen LogP contribution in [0.4, 0.5) is 0 Å². The number of aromatic amines is 1. The zero-order valence-corrected chi connectivity index (χ0v) is 8.80. The molecule has 1 aliphatic rings. The van der Waals surface area contributed by atoms with Crippen LogP contribution in [0, 0.1) is 0 Å². The highest BCUT2D eigenvalue weighted by Crippen LogP contribution is 2.19. The van der Waals surface area contributed by atoms with E-state index in [1.807, 2.05) is 0 Å². The summed E-state index contributed by atoms with van der Waals surface area (Å²) in [6.45, 7) is 0. The molecule has 6 heteroatoms. The summed E-state index contributed by atoms with van der Waals surface area (Å²) in [6.07, 6.45) is 3.48. The molecular formula is C9H11NO4S. The molecule has 2 rings (SSSR count). The van der Waals surface area contributed by atoms with Crippen LogP contribution in [0.25, 0.3) is 0 Å². The van der Waals surface area contributed by atoms with E-state index in [2.05, 4.69) is 4.98 Å². The number of hydrogen-bond donors (Lipinski definition) is 2. The first-order chi connectivity index (χ1) is 6.98. The van der Waals surface area contributed by atoms with Crippen molar-refractivity contribution in [2.45, 2.75) is 30.6 Å². The van der Waals surface area contributed by atoms with Crippen molar-refractivity contribution in [2.75, 3.05) is 0 Å². The van der Waals surface area contributed by atoms with E-state index < -0.39 is 20.6 Å². The average Bonchev–Trinajstić information content (AvgIpc) is 2.15. The van der Waals surface area contributed by atoms with Crippen LogP contribution in [-0.4, -0.2) is 18.0 Å². The van der Waals surface area contributed by atoms with E-state index in [1.165, 1.54) is 6.07 Å². The van der Waals surface area contributed by atoms with Gasteiger partial charge in [0.2, 0.25) is 0 Å². The molecule has 0 saturated heterocycles. The van der Waals surface area contributed by atoms with Gasteiger partial charge in [0.1, 0.15) is 0 Å². The summed E-state index contributed by atoms with van der Waals surface area (Å²) in [7, 11) is -4.41. The number of pyridine rings is 1. The number of hydrogen-bond acceptors (Lipinski definition) is 3. The van der Waals surface area contributed by atoms with Crippen LogP contribution in [0.3, 0.4) is 0 Å². The molecule has 1 aromatic rings. The van der Waals surface area contributed by atoms with E-state index in [4.69, 9.17) is 4.55 Å². The highest BCUT2D eigenvalue weighted by Gasteiger charge is 2.19. The lowest BCUT2D eigenvalue weighted by Crippen LogP contribution is -2.21. The minimum Gasteiger partial charge on any atom is -0.325 e. The molecule has 0 unspecified atom stereocenters. The van der Waals surface area contributed by atoms with Crippen molar-refractivity contribution in [3.05, 3.63) is 27.7 Å². The van der Waals surface area contributed by atoms with Crippen molar-refractivity contribution in [3.8, 4) is 0 Å². The topological polar surface area (TPSA) is 87.2 Å². The first-order valence-electron chi connectivity index (χ1n) is 4.71. The van der Waals surface area contributed by atoms with Crippen LogP contribution in [0.2, 0.25) is 0 Å². The number of fused-ring (bicyclic) bond motifs is 1. The third-order valence-electron chi connectivity index (χ3n) is 2.58. The lowest BCUT2D eigenvalue weighted by atomic mass is 9.96. The van der Waals surface area contributed by atoms with E-state index in [1.54, 1.807) is 0 Å². The SMILES string of the molecule is O=c1[nH]c2c(cc1S(=O)(=O)O)CCCC2. The number of rotatable bonds is 1. The van der Waals surface area contributed by atoms with Crippen LogP contribution in [0.5, 0.6) is 0 Å². The number of H-pyrrole nitrogens is 1. The molecule has 0 radical (unpaired) electrons. The second-order valence-corrected chi connectivity index (χ2v) is 5.04. The van der Waals surface area contributed by atoms with Crippen LogP contribution >= 0.6 is 0 Å². The molecule has 1 heterocycles. The first kappa shape index (κ1) is 10.4. The highest BCUT2D eigenvalue weighted by molar-refractivity contribution is 7.85. The fourth-order valence-electron chi connectivity index (χ4n) is 1.84. The van der Waals surface area contributed by atoms with E-state index in [9.17, 15) is 13.2 Å². The summed E-state index contributed by atoms with van der Waals surface area (Å²) in [6, 6.07) is 1.28. The van der Waals surface area contributed by atoms with Crippen molar-refractivity contribution in [1.82, 2.24) is 4.98 Å². The molecule has 0 fully saturated rings. The Morgan fingerprint density at radius 1 is 1.27 bits per heavy atom. The lowest BCUT2D eigenvalue weighted by molar-refractivity contribution is 0.481. The van der Waals surface area contributed by atoms with Gasteiger partial charge in [0, 0.05) is 5.69 Å². The van der Waals surface area contributed by atoms with Gasteiger partial charge in [0.05, 0.1) is 0 Å². The summed E-state index contributed by atoms with van der Waals surface area (Å²) in [5.41, 5.74) is 0.866. The molecule has 0 aromatic carbocycles. The van der Waals surface area contributed by atoms with Gasteiger partial charge in [0.25, 0.3) is 15.7 Å². The van der Waals surface area contributed by atoms with Gasteiger partial charge in [-0.3, -0.25) is 9.35 Å². The Hall–Kier alpha value is -1.14. The summed E-state index contributed by atoms with van der Waals surface area (Å²) in [5, 5.41) is 0. The van der Waals surface area contributed by atoms with Crippen LogP contribution in [-0.2, 0) is 23.0 Å². The summed E-state index contributed by atoms with van der Waals surface area (Å²) < 4.78 is 30.6. The van der Waals surface area contributed by atoms with Crippen LogP contribution in [0.15, 0.2) is 15.8 Å². The van der Waals surface area contributed by atoms with Gasteiger partial charge in [-0.2, -0.15) is 8.42 Å². The first-order valence-corrected chi connectivity index (χ1v) is 6.15. The molecule has 2 N–H and O–H groups in total. The number of aryl methyl sites for hydroxylation is 2. The Bertz CT molecular complexity index is 544. The molecule has 0 saturated carbocycles. The van der Waals surface area contributed by atoms with Crippen molar-refractivity contribution < 1.29 is 13.0 Å². The Kier molecular flexibility index (Phi) is 2.40. The third-order valence-corrected chi connectivity index (χ3v) is 3.44. The lowest BCUT2D eigenvalue weighted by Gasteiger charge is -2.15. The maximum absolute atomic E-state index is 11.3. The second kappa shape index (κ2) is 3.46. The van der Waals surface area contributed by atoms with Crippen LogP contribution in [0.1, 0.15) is 24.1 Å². The number of aromatic nitrogens is 1. The molecule has 0 bridgehead atoms. The van der Waals surface area contributed by atoms with Gasteiger partial charge in [-0.25, -0.2) is 0 Å². The molecule has 82 valence electrons. The maximum atomic E-state index is 11.3. The summed E-state index contributed by atoms with van der Waals surface area (Å²) >= 11 is 0. The van der Waals surface area contributed by atoms with Gasteiger partial charge in [-0.15, -0.1) is 0 Å². The van der Waals surface area contributed by atoms with E-state index in [-0.39, 0.29) is 0 Å². The summed E-state index contributed by atoms with van der Waals surface area (Å²) in [5.74, 6) is 0. The predicted molar refractivity (Wildman–Crippen MR) is 53.5 cm³/mol. The maximum Gasteiger partial charge on any atom is 0.300 e. The van der Waals surface area contributed by atoms with Crippen LogP contribution < -0.4 is 5.56 Å². The molecule has 5 nitrogen and oxygen atoms in total. The normalized spacial score (nSPS) is 16.1. The molecule has 0 spiro atoms. The van der Waals surface area contributed by atoms with Crippen molar-refractivity contribution in [1.29, 1.82) is 0 Å². The Morgan fingerprint density at radius 2 is 1.93 bits per heavy atom. The van der Waals surface area contributed by atoms with Gasteiger partial charge < -0.3 is 4.98 Å². The Morgan fingerprint density at radius 3 is 2.60 bits per heavy atom. The predicted octanol–water partition coefficient (Wildman–Crippen LogP) is 0.500. The molecule has 15 heavy (non-hydrogen) atoms. The zero-order chi connectivity index (χ0) is 11.1.